The molecule has 0 atom stereocenters. The summed E-state index contributed by atoms with van der Waals surface area (Å²) in [5.74, 6) is 0.451. The number of nitro benzene ring substituents is 1. The summed E-state index contributed by atoms with van der Waals surface area (Å²) < 4.78 is 7.81. The third kappa shape index (κ3) is 5.41. The van der Waals surface area contributed by atoms with Gasteiger partial charge >= 0.3 is 5.69 Å². The van der Waals surface area contributed by atoms with Crippen LogP contribution < -0.4 is 10.3 Å². The second-order valence-corrected chi connectivity index (χ2v) is 9.13. The molecule has 0 bridgehead atoms. The van der Waals surface area contributed by atoms with E-state index in [0.717, 1.165) is 15.6 Å². The molecule has 0 unspecified atom stereocenters. The Balaban J connectivity index is 1.80. The van der Waals surface area contributed by atoms with Crippen LogP contribution in [0.4, 0.5) is 5.69 Å². The van der Waals surface area contributed by atoms with Gasteiger partial charge in [0.1, 0.15) is 12.4 Å². The minimum atomic E-state index is -0.562. The van der Waals surface area contributed by atoms with Crippen LogP contribution in [0, 0.1) is 17.0 Å². The van der Waals surface area contributed by atoms with Crippen molar-refractivity contribution in [1.29, 1.82) is 0 Å². The molecule has 178 valence electrons. The lowest BCUT2D eigenvalue weighted by atomic mass is 10.1. The lowest BCUT2D eigenvalue weighted by Crippen LogP contribution is -2.22. The minimum Gasteiger partial charge on any atom is -0.481 e. The van der Waals surface area contributed by atoms with Gasteiger partial charge in [0.2, 0.25) is 5.75 Å². The standard InChI is InChI=1S/C25H20BrClN4O4/c1-3-23-29-21-8-7-18(26)11-20(21)25(32)30(23)28-13-17-10-19(27)12-22(31(33)34)24(17)35-14-16-6-4-5-15(2)9-16/h4-13H,3,14H2,1-2H3. The molecule has 0 spiro atoms. The number of nitrogens with zero attached hydrogens (tertiary/aromatic N) is 4. The van der Waals surface area contributed by atoms with E-state index in [-0.39, 0.29) is 34.2 Å². The van der Waals surface area contributed by atoms with Gasteiger partial charge < -0.3 is 4.74 Å². The van der Waals surface area contributed by atoms with Gasteiger partial charge in [0.05, 0.1) is 22.0 Å². The molecule has 4 aromatic rings. The Morgan fingerprint density at radius 3 is 2.74 bits per heavy atom. The highest BCUT2D eigenvalue weighted by atomic mass is 79.9. The quantitative estimate of drug-likeness (QED) is 0.157. The van der Waals surface area contributed by atoms with Gasteiger partial charge in [-0.2, -0.15) is 9.78 Å². The molecule has 4 rings (SSSR count). The third-order valence-electron chi connectivity index (χ3n) is 5.23. The number of aromatic nitrogens is 2. The molecule has 0 fully saturated rings. The van der Waals surface area contributed by atoms with E-state index < -0.39 is 4.92 Å². The van der Waals surface area contributed by atoms with Crippen LogP contribution in [0.25, 0.3) is 10.9 Å². The molecule has 10 heteroatoms. The van der Waals surface area contributed by atoms with Crippen LogP contribution in [0.5, 0.6) is 5.75 Å². The van der Waals surface area contributed by atoms with Gasteiger partial charge in [0.15, 0.2) is 0 Å². The average molecular weight is 556 g/mol. The summed E-state index contributed by atoms with van der Waals surface area (Å²) in [5, 5.41) is 16.6. The number of fused-ring (bicyclic) bond motifs is 1. The van der Waals surface area contributed by atoms with E-state index in [1.165, 1.54) is 23.0 Å². The van der Waals surface area contributed by atoms with Crippen molar-refractivity contribution in [2.24, 2.45) is 5.10 Å². The highest BCUT2D eigenvalue weighted by Crippen LogP contribution is 2.34. The van der Waals surface area contributed by atoms with Crippen LogP contribution in [0.1, 0.15) is 29.4 Å². The van der Waals surface area contributed by atoms with Crippen molar-refractivity contribution >= 4 is 50.3 Å². The van der Waals surface area contributed by atoms with Gasteiger partial charge in [0, 0.05) is 27.5 Å². The second-order valence-electron chi connectivity index (χ2n) is 7.78. The second kappa shape index (κ2) is 10.4. The van der Waals surface area contributed by atoms with Crippen LogP contribution in [-0.2, 0) is 13.0 Å². The zero-order valence-corrected chi connectivity index (χ0v) is 21.2. The van der Waals surface area contributed by atoms with Crippen molar-refractivity contribution in [2.45, 2.75) is 26.9 Å². The molecular weight excluding hydrogens is 536 g/mol. The SMILES string of the molecule is CCc1nc2ccc(Br)cc2c(=O)n1N=Cc1cc(Cl)cc([N+](=O)[O-])c1OCc1cccc(C)c1. The predicted molar refractivity (Wildman–Crippen MR) is 140 cm³/mol. The Morgan fingerprint density at radius 1 is 1.23 bits per heavy atom. The normalized spacial score (nSPS) is 11.3. The first kappa shape index (κ1) is 24.6. The molecule has 0 saturated heterocycles. The Bertz CT molecular complexity index is 1530. The summed E-state index contributed by atoms with van der Waals surface area (Å²) in [6, 6.07) is 15.6. The molecule has 8 nitrogen and oxygen atoms in total. The highest BCUT2D eigenvalue weighted by molar-refractivity contribution is 9.10. The lowest BCUT2D eigenvalue weighted by molar-refractivity contribution is -0.385. The molecular formula is C25H20BrClN4O4. The van der Waals surface area contributed by atoms with Crippen LogP contribution in [-0.4, -0.2) is 20.8 Å². The van der Waals surface area contributed by atoms with Crippen molar-refractivity contribution in [3.63, 3.8) is 0 Å². The molecule has 1 heterocycles. The van der Waals surface area contributed by atoms with E-state index in [1.807, 2.05) is 44.2 Å². The number of aryl methyl sites for hydroxylation is 2. The summed E-state index contributed by atoms with van der Waals surface area (Å²) >= 11 is 9.54. The molecule has 3 aromatic carbocycles. The number of ether oxygens (including phenoxy) is 1. The number of hydrogen-bond donors (Lipinski definition) is 0. The Labute approximate surface area is 214 Å². The number of hydrogen-bond acceptors (Lipinski definition) is 6. The molecule has 0 amide bonds. The fourth-order valence-corrected chi connectivity index (χ4v) is 4.19. The molecule has 35 heavy (non-hydrogen) atoms. The Kier molecular flexibility index (Phi) is 7.28. The van der Waals surface area contributed by atoms with Crippen molar-refractivity contribution in [2.75, 3.05) is 0 Å². The lowest BCUT2D eigenvalue weighted by Gasteiger charge is -2.11. The smallest absolute Gasteiger partial charge is 0.313 e. The summed E-state index contributed by atoms with van der Waals surface area (Å²) in [7, 11) is 0. The van der Waals surface area contributed by atoms with Crippen molar-refractivity contribution < 1.29 is 9.66 Å². The van der Waals surface area contributed by atoms with Gasteiger partial charge in [-0.15, -0.1) is 0 Å². The van der Waals surface area contributed by atoms with Gasteiger partial charge in [-0.25, -0.2) is 4.98 Å². The van der Waals surface area contributed by atoms with E-state index >= 15 is 0 Å². The zero-order chi connectivity index (χ0) is 25.1. The Hall–Kier alpha value is -3.56. The largest absolute Gasteiger partial charge is 0.481 e. The first-order chi connectivity index (χ1) is 16.8. The van der Waals surface area contributed by atoms with Crippen LogP contribution in [0.15, 0.2) is 69.0 Å². The van der Waals surface area contributed by atoms with E-state index in [0.29, 0.717) is 23.1 Å². The van der Waals surface area contributed by atoms with E-state index in [2.05, 4.69) is 26.0 Å². The summed E-state index contributed by atoms with van der Waals surface area (Å²) in [5.41, 5.74) is 2.06. The third-order valence-corrected chi connectivity index (χ3v) is 5.94. The summed E-state index contributed by atoms with van der Waals surface area (Å²) in [6.07, 6.45) is 1.78. The van der Waals surface area contributed by atoms with Crippen molar-refractivity contribution in [3.8, 4) is 5.75 Å². The maximum absolute atomic E-state index is 13.2. The molecule has 1 aromatic heterocycles. The van der Waals surface area contributed by atoms with Gasteiger partial charge in [-0.1, -0.05) is 64.3 Å². The number of benzene rings is 3. The zero-order valence-electron chi connectivity index (χ0n) is 18.9. The van der Waals surface area contributed by atoms with Crippen LogP contribution >= 0.6 is 27.5 Å². The number of halogens is 2. The first-order valence-corrected chi connectivity index (χ1v) is 11.9. The number of nitro groups is 1. The fourth-order valence-electron chi connectivity index (χ4n) is 3.61. The number of rotatable bonds is 7. The van der Waals surface area contributed by atoms with Crippen molar-refractivity contribution in [3.05, 3.63) is 107 Å². The van der Waals surface area contributed by atoms with Gasteiger partial charge in [-0.3, -0.25) is 14.9 Å². The maximum atomic E-state index is 13.2. The van der Waals surface area contributed by atoms with Crippen molar-refractivity contribution in [1.82, 2.24) is 9.66 Å². The predicted octanol–water partition coefficient (Wildman–Crippen LogP) is 6.05. The highest BCUT2D eigenvalue weighted by Gasteiger charge is 2.21. The van der Waals surface area contributed by atoms with Gasteiger partial charge in [-0.05, 0) is 36.8 Å². The maximum Gasteiger partial charge on any atom is 0.313 e. The average Bonchev–Trinajstić information content (AvgIpc) is 2.82. The van der Waals surface area contributed by atoms with E-state index in [1.54, 1.807) is 12.1 Å². The van der Waals surface area contributed by atoms with Crippen LogP contribution in [0.3, 0.4) is 0 Å². The summed E-state index contributed by atoms with van der Waals surface area (Å²) in [6.45, 7) is 3.92. The first-order valence-electron chi connectivity index (χ1n) is 10.7. The monoisotopic (exact) mass is 554 g/mol. The molecule has 0 aliphatic heterocycles. The van der Waals surface area contributed by atoms with Crippen LogP contribution in [0.2, 0.25) is 5.02 Å². The minimum absolute atomic E-state index is 0.00671. The molecule has 0 saturated carbocycles. The molecule has 0 aliphatic rings. The molecule has 0 aliphatic carbocycles. The van der Waals surface area contributed by atoms with E-state index in [4.69, 9.17) is 16.3 Å². The molecule has 0 radical (unpaired) electrons. The van der Waals surface area contributed by atoms with E-state index in [9.17, 15) is 14.9 Å². The van der Waals surface area contributed by atoms with Gasteiger partial charge in [0.25, 0.3) is 5.56 Å². The fraction of sp³-hybridized carbons (Fsp3) is 0.160. The summed E-state index contributed by atoms with van der Waals surface area (Å²) in [4.78, 5) is 28.9. The Morgan fingerprint density at radius 2 is 2.03 bits per heavy atom. The molecule has 0 N–H and O–H groups in total. The topological polar surface area (TPSA) is 99.6 Å².